The van der Waals surface area contributed by atoms with E-state index in [1.807, 2.05) is 10.3 Å². The molecule has 2 heterocycles. The fraction of sp³-hybridized carbons (Fsp3) is 0.556. The van der Waals surface area contributed by atoms with Crippen LogP contribution in [0.5, 0.6) is 5.75 Å². The molecule has 1 fully saturated rings. The number of hydrogen-bond acceptors (Lipinski definition) is 4. The van der Waals surface area contributed by atoms with Crippen molar-refractivity contribution in [1.82, 2.24) is 9.80 Å². The summed E-state index contributed by atoms with van der Waals surface area (Å²) in [6.45, 7) is 5.85. The molecule has 2 amide bonds. The van der Waals surface area contributed by atoms with Crippen molar-refractivity contribution in [2.45, 2.75) is 58.4 Å². The Kier molecular flexibility index (Phi) is 8.24. The van der Waals surface area contributed by atoms with Gasteiger partial charge in [-0.05, 0) is 60.7 Å². The molecule has 0 saturated heterocycles. The molecule has 184 valence electrons. The van der Waals surface area contributed by atoms with Crippen LogP contribution in [0.1, 0.15) is 62.4 Å². The molecule has 1 aromatic heterocycles. The van der Waals surface area contributed by atoms with Gasteiger partial charge in [0.15, 0.2) is 0 Å². The molecule has 1 aliphatic carbocycles. The van der Waals surface area contributed by atoms with Crippen LogP contribution >= 0.6 is 11.3 Å². The van der Waals surface area contributed by atoms with E-state index in [0.717, 1.165) is 44.1 Å². The van der Waals surface area contributed by atoms with Gasteiger partial charge in [-0.15, -0.1) is 11.3 Å². The first kappa shape index (κ1) is 24.7. The van der Waals surface area contributed by atoms with E-state index in [1.165, 1.54) is 17.0 Å². The van der Waals surface area contributed by atoms with Crippen LogP contribution < -0.4 is 4.74 Å². The van der Waals surface area contributed by atoms with Gasteiger partial charge >= 0.3 is 0 Å². The predicted octanol–water partition coefficient (Wildman–Crippen LogP) is 5.46. The van der Waals surface area contributed by atoms with Crippen LogP contribution in [0.2, 0.25) is 0 Å². The van der Waals surface area contributed by atoms with E-state index in [4.69, 9.17) is 4.74 Å². The molecule has 2 aromatic rings. The summed E-state index contributed by atoms with van der Waals surface area (Å²) in [5.74, 6) is 0.704. The highest BCUT2D eigenvalue weighted by atomic mass is 32.1. The maximum atomic E-state index is 13.6. The Morgan fingerprint density at radius 3 is 2.76 bits per heavy atom. The third-order valence-electron chi connectivity index (χ3n) is 6.94. The number of benzene rings is 1. The summed E-state index contributed by atoms with van der Waals surface area (Å²) in [5, 5.41) is 2.05. The van der Waals surface area contributed by atoms with Crippen LogP contribution in [0, 0.1) is 17.7 Å². The molecule has 0 radical (unpaired) electrons. The number of thiophene rings is 1. The van der Waals surface area contributed by atoms with Gasteiger partial charge in [-0.2, -0.15) is 0 Å². The molecule has 1 saturated carbocycles. The second-order valence-corrected chi connectivity index (χ2v) is 10.8. The number of nitrogens with zero attached hydrogens (tertiary/aromatic N) is 2. The second-order valence-electron chi connectivity index (χ2n) is 9.84. The lowest BCUT2D eigenvalue weighted by Gasteiger charge is -2.37. The highest BCUT2D eigenvalue weighted by Gasteiger charge is 2.35. The third kappa shape index (κ3) is 5.98. The zero-order valence-electron chi connectivity index (χ0n) is 20.2. The van der Waals surface area contributed by atoms with Crippen molar-refractivity contribution in [2.24, 2.45) is 11.8 Å². The van der Waals surface area contributed by atoms with Crippen LogP contribution in [0.3, 0.4) is 0 Å². The van der Waals surface area contributed by atoms with Gasteiger partial charge < -0.3 is 14.5 Å². The number of ether oxygens (including phenoxy) is 1. The number of carbonyl (C=O) groups is 2. The lowest BCUT2D eigenvalue weighted by molar-refractivity contribution is -0.144. The van der Waals surface area contributed by atoms with Crippen LogP contribution in [-0.2, 0) is 16.0 Å². The highest BCUT2D eigenvalue weighted by molar-refractivity contribution is 7.10. The van der Waals surface area contributed by atoms with Gasteiger partial charge in [0, 0.05) is 30.0 Å². The van der Waals surface area contributed by atoms with E-state index >= 15 is 0 Å². The number of rotatable bonds is 9. The second kappa shape index (κ2) is 11.3. The third-order valence-corrected chi connectivity index (χ3v) is 7.93. The van der Waals surface area contributed by atoms with Crippen molar-refractivity contribution >= 4 is 23.2 Å². The van der Waals surface area contributed by atoms with Crippen LogP contribution in [0.25, 0.3) is 0 Å². The summed E-state index contributed by atoms with van der Waals surface area (Å²) in [5.41, 5.74) is 1.09. The van der Waals surface area contributed by atoms with Gasteiger partial charge in [-0.25, -0.2) is 4.39 Å². The molecule has 0 spiro atoms. The van der Waals surface area contributed by atoms with Crippen molar-refractivity contribution in [3.8, 4) is 5.75 Å². The molecular weight excluding hydrogens is 451 g/mol. The summed E-state index contributed by atoms with van der Waals surface area (Å²) in [6, 6.07) is 7.88. The Morgan fingerprint density at radius 2 is 2.03 bits per heavy atom. The summed E-state index contributed by atoms with van der Waals surface area (Å²) >= 11 is 1.70. The molecule has 7 heteroatoms. The largest absolute Gasteiger partial charge is 0.491 e. The first-order chi connectivity index (χ1) is 16.4. The molecule has 2 aliphatic rings. The average Bonchev–Trinajstić information content (AvgIpc) is 3.51. The molecular formula is C27H35FN2O3S. The van der Waals surface area contributed by atoms with Crippen LogP contribution in [0.4, 0.5) is 4.39 Å². The summed E-state index contributed by atoms with van der Waals surface area (Å²) in [7, 11) is 0. The van der Waals surface area contributed by atoms with E-state index in [2.05, 4.69) is 19.9 Å². The van der Waals surface area contributed by atoms with E-state index in [0.29, 0.717) is 24.8 Å². The minimum Gasteiger partial charge on any atom is -0.491 e. The van der Waals surface area contributed by atoms with Gasteiger partial charge in [0.25, 0.3) is 0 Å². The number of fused-ring (bicyclic) bond motifs is 1. The Hall–Kier alpha value is -2.41. The van der Waals surface area contributed by atoms with Gasteiger partial charge in [-0.1, -0.05) is 32.8 Å². The molecule has 1 aliphatic heterocycles. The first-order valence-corrected chi connectivity index (χ1v) is 13.3. The number of halogens is 1. The minimum atomic E-state index is -0.350. The van der Waals surface area contributed by atoms with E-state index in [9.17, 15) is 14.0 Å². The predicted molar refractivity (Wildman–Crippen MR) is 132 cm³/mol. The quantitative estimate of drug-likeness (QED) is 0.473. The molecule has 4 rings (SSSR count). The minimum absolute atomic E-state index is 0.0419. The Balaban J connectivity index is 1.49. The van der Waals surface area contributed by atoms with Crippen LogP contribution in [-0.4, -0.2) is 47.9 Å². The Labute approximate surface area is 205 Å². The van der Waals surface area contributed by atoms with Gasteiger partial charge in [0.05, 0.1) is 12.6 Å². The lowest BCUT2D eigenvalue weighted by atomic mass is 10.00. The number of carbonyl (C=O) groups excluding carboxylic acids is 2. The lowest BCUT2D eigenvalue weighted by Crippen LogP contribution is -2.49. The fourth-order valence-electron chi connectivity index (χ4n) is 4.97. The monoisotopic (exact) mass is 486 g/mol. The SMILES string of the molecule is CC(C)CCN(CC(=O)N1CCc2sccc2[C@H]1COc1cccc(F)c1)C(=O)C1CCCC1. The molecule has 0 unspecified atom stereocenters. The topological polar surface area (TPSA) is 49.9 Å². The standard InChI is InChI=1S/C27H35FN2O3S/c1-19(2)10-13-29(27(32)20-6-3-4-7-20)17-26(31)30-14-11-25-23(12-15-34-25)24(30)18-33-22-9-5-8-21(28)16-22/h5,8-9,12,15-16,19-20,24H,3-4,6-7,10-11,13-14,17-18H2,1-2H3/t24-/m1/s1. The normalized spacial score (nSPS) is 18.2. The molecule has 1 aromatic carbocycles. The number of hydrogen-bond donors (Lipinski definition) is 0. The average molecular weight is 487 g/mol. The molecule has 5 nitrogen and oxygen atoms in total. The van der Waals surface area contributed by atoms with E-state index < -0.39 is 0 Å². The zero-order valence-corrected chi connectivity index (χ0v) is 21.0. The first-order valence-electron chi connectivity index (χ1n) is 12.4. The van der Waals surface area contributed by atoms with E-state index in [-0.39, 0.29) is 42.7 Å². The van der Waals surface area contributed by atoms with Crippen LogP contribution in [0.15, 0.2) is 35.7 Å². The van der Waals surface area contributed by atoms with Gasteiger partial charge in [0.2, 0.25) is 11.8 Å². The Bertz CT molecular complexity index is 986. The Morgan fingerprint density at radius 1 is 1.24 bits per heavy atom. The zero-order chi connectivity index (χ0) is 24.1. The maximum absolute atomic E-state index is 13.6. The van der Waals surface area contributed by atoms with Gasteiger partial charge in [0.1, 0.15) is 18.2 Å². The van der Waals surface area contributed by atoms with Crippen molar-refractivity contribution in [3.63, 3.8) is 0 Å². The van der Waals surface area contributed by atoms with Crippen molar-refractivity contribution < 1.29 is 18.7 Å². The summed E-state index contributed by atoms with van der Waals surface area (Å²) in [4.78, 5) is 31.8. The van der Waals surface area contributed by atoms with Crippen molar-refractivity contribution in [1.29, 1.82) is 0 Å². The molecule has 0 N–H and O–H groups in total. The van der Waals surface area contributed by atoms with Crippen molar-refractivity contribution in [3.05, 3.63) is 52.0 Å². The fourth-order valence-corrected chi connectivity index (χ4v) is 5.90. The smallest absolute Gasteiger partial charge is 0.242 e. The number of amides is 2. The molecule has 1 atom stereocenters. The molecule has 34 heavy (non-hydrogen) atoms. The maximum Gasteiger partial charge on any atom is 0.242 e. The summed E-state index contributed by atoms with van der Waals surface area (Å²) in [6.07, 6.45) is 5.72. The molecule has 0 bridgehead atoms. The highest BCUT2D eigenvalue weighted by Crippen LogP contribution is 2.34. The van der Waals surface area contributed by atoms with Gasteiger partial charge in [-0.3, -0.25) is 9.59 Å². The van der Waals surface area contributed by atoms with E-state index in [1.54, 1.807) is 28.4 Å². The summed E-state index contributed by atoms with van der Waals surface area (Å²) < 4.78 is 19.6. The van der Waals surface area contributed by atoms with Crippen molar-refractivity contribution in [2.75, 3.05) is 26.2 Å².